The van der Waals surface area contributed by atoms with Gasteiger partial charge in [-0.05, 0) is 34.1 Å². The molecule has 2 aromatic rings. The van der Waals surface area contributed by atoms with Gasteiger partial charge in [0, 0.05) is 29.6 Å². The molecule has 0 saturated carbocycles. The van der Waals surface area contributed by atoms with E-state index in [-0.39, 0.29) is 30.2 Å². The number of hydrogen-bond donors (Lipinski definition) is 1. The van der Waals surface area contributed by atoms with E-state index in [1.54, 1.807) is 18.2 Å². The van der Waals surface area contributed by atoms with Crippen LogP contribution in [0.25, 0.3) is 0 Å². The Morgan fingerprint density at radius 2 is 2.04 bits per heavy atom. The molecule has 0 bridgehead atoms. The first-order valence-electron chi connectivity index (χ1n) is 7.66. The molecule has 1 heterocycles. The molecular weight excluding hydrogens is 409 g/mol. The normalized spacial score (nSPS) is 16.6. The minimum atomic E-state index is -0.782. The molecule has 1 atom stereocenters. The maximum atomic E-state index is 13.8. The van der Waals surface area contributed by atoms with Crippen molar-refractivity contribution in [2.75, 3.05) is 16.8 Å². The van der Waals surface area contributed by atoms with Gasteiger partial charge in [-0.3, -0.25) is 19.7 Å². The molecule has 1 unspecified atom stereocenters. The van der Waals surface area contributed by atoms with Crippen molar-refractivity contribution >= 4 is 44.8 Å². The zero-order chi connectivity index (χ0) is 18.8. The van der Waals surface area contributed by atoms with Crippen molar-refractivity contribution in [3.05, 3.63) is 62.9 Å². The number of para-hydroxylation sites is 1. The number of anilines is 2. The Morgan fingerprint density at radius 1 is 1.31 bits per heavy atom. The van der Waals surface area contributed by atoms with Crippen molar-refractivity contribution in [1.29, 1.82) is 0 Å². The molecule has 0 aromatic heterocycles. The lowest BCUT2D eigenvalue weighted by atomic mass is 10.1. The van der Waals surface area contributed by atoms with Gasteiger partial charge in [0.05, 0.1) is 22.2 Å². The van der Waals surface area contributed by atoms with Crippen LogP contribution < -0.4 is 10.2 Å². The van der Waals surface area contributed by atoms with Crippen LogP contribution in [0.5, 0.6) is 0 Å². The molecule has 7 nitrogen and oxygen atoms in total. The molecule has 9 heteroatoms. The topological polar surface area (TPSA) is 92.5 Å². The number of nitro benzene ring substituents is 1. The molecule has 26 heavy (non-hydrogen) atoms. The highest BCUT2D eigenvalue weighted by atomic mass is 79.9. The molecule has 2 aromatic carbocycles. The lowest BCUT2D eigenvalue weighted by molar-refractivity contribution is -0.384. The third kappa shape index (κ3) is 3.57. The van der Waals surface area contributed by atoms with Crippen LogP contribution >= 0.6 is 15.9 Å². The molecule has 134 valence electrons. The molecular formula is C17H13BrFN3O4. The summed E-state index contributed by atoms with van der Waals surface area (Å²) in [5, 5.41) is 13.1. The van der Waals surface area contributed by atoms with Crippen LogP contribution in [-0.2, 0) is 9.59 Å². The lowest BCUT2D eigenvalue weighted by Crippen LogP contribution is -2.28. The average molecular weight is 422 g/mol. The van der Waals surface area contributed by atoms with Crippen molar-refractivity contribution in [3.8, 4) is 0 Å². The van der Waals surface area contributed by atoms with Gasteiger partial charge in [0.25, 0.3) is 5.69 Å². The Balaban J connectivity index is 1.76. The number of carbonyl (C=O) groups excluding carboxylic acids is 2. The number of nitrogens with zero attached hydrogens (tertiary/aromatic N) is 2. The van der Waals surface area contributed by atoms with Crippen molar-refractivity contribution in [3.63, 3.8) is 0 Å². The van der Waals surface area contributed by atoms with Crippen LogP contribution in [0.15, 0.2) is 46.9 Å². The van der Waals surface area contributed by atoms with Gasteiger partial charge in [0.15, 0.2) is 0 Å². The summed E-state index contributed by atoms with van der Waals surface area (Å²) in [7, 11) is 0. The zero-order valence-electron chi connectivity index (χ0n) is 13.3. The highest BCUT2D eigenvalue weighted by Gasteiger charge is 2.36. The van der Waals surface area contributed by atoms with E-state index < -0.39 is 22.6 Å². The smallest absolute Gasteiger partial charge is 0.271 e. The van der Waals surface area contributed by atoms with Crippen LogP contribution in [0, 0.1) is 21.8 Å². The number of hydrogen-bond acceptors (Lipinski definition) is 4. The molecule has 0 radical (unpaired) electrons. The summed E-state index contributed by atoms with van der Waals surface area (Å²) in [6.45, 7) is 0.143. The third-order valence-electron chi connectivity index (χ3n) is 4.06. The van der Waals surface area contributed by atoms with Crippen molar-refractivity contribution in [2.24, 2.45) is 5.92 Å². The summed E-state index contributed by atoms with van der Waals surface area (Å²) in [5.41, 5.74) is 0.0318. The van der Waals surface area contributed by atoms with Crippen molar-refractivity contribution in [2.45, 2.75) is 6.42 Å². The Kier molecular flexibility index (Phi) is 4.99. The quantitative estimate of drug-likeness (QED) is 0.603. The number of benzene rings is 2. The van der Waals surface area contributed by atoms with Gasteiger partial charge >= 0.3 is 0 Å². The van der Waals surface area contributed by atoms with Gasteiger partial charge in [0.1, 0.15) is 5.82 Å². The number of nitrogens with one attached hydrogen (secondary N) is 1. The van der Waals surface area contributed by atoms with Crippen LogP contribution in [0.4, 0.5) is 21.5 Å². The third-order valence-corrected chi connectivity index (χ3v) is 4.73. The second-order valence-electron chi connectivity index (χ2n) is 5.77. The summed E-state index contributed by atoms with van der Waals surface area (Å²) in [6.07, 6.45) is -0.0241. The fourth-order valence-corrected chi connectivity index (χ4v) is 3.24. The SMILES string of the molecule is O=C(Nc1cc([N+](=O)[O-])ccc1F)C1CC(=O)N(c2ccccc2Br)C1. The number of non-ortho nitro benzene ring substituents is 1. The highest BCUT2D eigenvalue weighted by Crippen LogP contribution is 2.32. The predicted octanol–water partition coefficient (Wildman–Crippen LogP) is 3.49. The monoisotopic (exact) mass is 421 g/mol. The number of carbonyl (C=O) groups is 2. The fourth-order valence-electron chi connectivity index (χ4n) is 2.74. The second-order valence-corrected chi connectivity index (χ2v) is 6.62. The first-order valence-corrected chi connectivity index (χ1v) is 8.46. The molecule has 1 aliphatic heterocycles. The van der Waals surface area contributed by atoms with E-state index in [2.05, 4.69) is 21.2 Å². The number of rotatable bonds is 4. The van der Waals surface area contributed by atoms with E-state index in [1.807, 2.05) is 6.07 Å². The van der Waals surface area contributed by atoms with E-state index in [0.717, 1.165) is 22.7 Å². The molecule has 1 saturated heterocycles. The lowest BCUT2D eigenvalue weighted by Gasteiger charge is -2.18. The molecule has 0 aliphatic carbocycles. The Morgan fingerprint density at radius 3 is 2.73 bits per heavy atom. The number of halogens is 2. The minimum Gasteiger partial charge on any atom is -0.323 e. The van der Waals surface area contributed by atoms with E-state index in [0.29, 0.717) is 5.69 Å². The van der Waals surface area contributed by atoms with E-state index >= 15 is 0 Å². The fraction of sp³-hybridized carbons (Fsp3) is 0.176. The van der Waals surface area contributed by atoms with Gasteiger partial charge in [-0.25, -0.2) is 4.39 Å². The Labute approximate surface area is 156 Å². The Hall–Kier alpha value is -2.81. The van der Waals surface area contributed by atoms with Crippen molar-refractivity contribution in [1.82, 2.24) is 0 Å². The molecule has 2 amide bonds. The van der Waals surface area contributed by atoms with Crippen LogP contribution in [-0.4, -0.2) is 23.3 Å². The van der Waals surface area contributed by atoms with Gasteiger partial charge in [-0.2, -0.15) is 0 Å². The molecule has 0 spiro atoms. The van der Waals surface area contributed by atoms with E-state index in [1.165, 1.54) is 4.90 Å². The maximum absolute atomic E-state index is 13.8. The van der Waals surface area contributed by atoms with Crippen LogP contribution in [0.1, 0.15) is 6.42 Å². The summed E-state index contributed by atoms with van der Waals surface area (Å²) in [4.78, 5) is 36.3. The number of amides is 2. The average Bonchev–Trinajstić information content (AvgIpc) is 2.99. The first kappa shape index (κ1) is 18.0. The van der Waals surface area contributed by atoms with Crippen LogP contribution in [0.2, 0.25) is 0 Å². The number of nitro groups is 1. The highest BCUT2D eigenvalue weighted by molar-refractivity contribution is 9.10. The molecule has 1 N–H and O–H groups in total. The van der Waals surface area contributed by atoms with Gasteiger partial charge in [0.2, 0.25) is 11.8 Å². The summed E-state index contributed by atoms with van der Waals surface area (Å²) in [6, 6.07) is 10.0. The predicted molar refractivity (Wildman–Crippen MR) is 96.3 cm³/mol. The summed E-state index contributed by atoms with van der Waals surface area (Å²) < 4.78 is 14.6. The van der Waals surface area contributed by atoms with Gasteiger partial charge in [-0.1, -0.05) is 12.1 Å². The van der Waals surface area contributed by atoms with Crippen molar-refractivity contribution < 1.29 is 18.9 Å². The minimum absolute atomic E-state index is 0.0241. The largest absolute Gasteiger partial charge is 0.323 e. The zero-order valence-corrected chi connectivity index (χ0v) is 14.9. The van der Waals surface area contributed by atoms with Gasteiger partial charge < -0.3 is 10.2 Å². The first-order chi connectivity index (χ1) is 12.4. The summed E-state index contributed by atoms with van der Waals surface area (Å²) >= 11 is 3.37. The van der Waals surface area contributed by atoms with E-state index in [4.69, 9.17) is 0 Å². The second kappa shape index (κ2) is 7.20. The summed E-state index contributed by atoms with van der Waals surface area (Å²) in [5.74, 6) is -2.26. The van der Waals surface area contributed by atoms with Gasteiger partial charge in [-0.15, -0.1) is 0 Å². The molecule has 3 rings (SSSR count). The molecule has 1 fully saturated rings. The maximum Gasteiger partial charge on any atom is 0.271 e. The Bertz CT molecular complexity index is 905. The standard InChI is InChI=1S/C17H13BrFN3O4/c18-12-3-1-2-4-15(12)21-9-10(7-16(21)23)17(24)20-14-8-11(22(25)26)5-6-13(14)19/h1-6,8,10H,7,9H2,(H,20,24). The van der Waals surface area contributed by atoms with E-state index in [9.17, 15) is 24.1 Å². The molecule has 1 aliphatic rings. The van der Waals surface area contributed by atoms with Crippen LogP contribution in [0.3, 0.4) is 0 Å².